The Kier molecular flexibility index (Phi) is 5.88. The van der Waals surface area contributed by atoms with Crippen LogP contribution in [-0.2, 0) is 27.9 Å². The number of ketones is 1. The zero-order chi connectivity index (χ0) is 23.7. The van der Waals surface area contributed by atoms with Crippen molar-refractivity contribution in [1.82, 2.24) is 9.80 Å². The van der Waals surface area contributed by atoms with Gasteiger partial charge in [0, 0.05) is 38.2 Å². The Morgan fingerprint density at radius 3 is 2.20 bits per heavy atom. The molecule has 1 unspecified atom stereocenters. The van der Waals surface area contributed by atoms with E-state index >= 15 is 0 Å². The summed E-state index contributed by atoms with van der Waals surface area (Å²) in [5.41, 5.74) is 3.73. The van der Waals surface area contributed by atoms with Crippen molar-refractivity contribution in [2.24, 2.45) is 0 Å². The van der Waals surface area contributed by atoms with Crippen molar-refractivity contribution in [3.05, 3.63) is 119 Å². The van der Waals surface area contributed by atoms with Gasteiger partial charge in [0.1, 0.15) is 11.8 Å². The van der Waals surface area contributed by atoms with Gasteiger partial charge in [-0.1, -0.05) is 84.9 Å². The van der Waals surface area contributed by atoms with Gasteiger partial charge in [-0.25, -0.2) is 0 Å². The Bertz CT molecular complexity index is 1220. The number of fused-ring (bicyclic) bond motifs is 1. The van der Waals surface area contributed by atoms with Gasteiger partial charge in [-0.05, 0) is 23.1 Å². The summed E-state index contributed by atoms with van der Waals surface area (Å²) < 4.78 is 11.3. The molecule has 2 aliphatic heterocycles. The monoisotopic (exact) mass is 466 g/mol. The SMILES string of the molecule is O=C1c2ccccc2C[C@]1(c1ccccc1)N1CCN(C(Cc2ccccc2)C2=COCO2)CC1. The topological polar surface area (TPSA) is 42.0 Å². The number of carbonyl (C=O) groups is 1. The largest absolute Gasteiger partial charge is 0.462 e. The molecule has 5 nitrogen and oxygen atoms in total. The number of benzene rings is 3. The Hall–Kier alpha value is -3.41. The highest BCUT2D eigenvalue weighted by atomic mass is 16.7. The molecular formula is C30H30N2O3. The number of ether oxygens (including phenoxy) is 2. The van der Waals surface area contributed by atoms with E-state index in [1.54, 1.807) is 6.26 Å². The number of carbonyl (C=O) groups excluding carboxylic acids is 1. The number of nitrogens with zero attached hydrogens (tertiary/aromatic N) is 2. The molecule has 3 aliphatic rings. The highest BCUT2D eigenvalue weighted by Gasteiger charge is 2.51. The number of Topliss-reactive ketones (excluding diaryl/α,β-unsaturated/α-hetero) is 1. The highest BCUT2D eigenvalue weighted by Crippen LogP contribution is 2.43. The average Bonchev–Trinajstić information content (AvgIpc) is 3.56. The van der Waals surface area contributed by atoms with Crippen LogP contribution in [-0.4, -0.2) is 54.6 Å². The van der Waals surface area contributed by atoms with E-state index in [1.807, 2.05) is 42.5 Å². The molecule has 0 N–H and O–H groups in total. The molecular weight excluding hydrogens is 436 g/mol. The zero-order valence-electron chi connectivity index (χ0n) is 19.8. The van der Waals surface area contributed by atoms with E-state index in [0.717, 1.165) is 61.5 Å². The van der Waals surface area contributed by atoms with E-state index in [-0.39, 0.29) is 18.6 Å². The summed E-state index contributed by atoms with van der Waals surface area (Å²) in [6.45, 7) is 3.62. The van der Waals surface area contributed by atoms with Crippen molar-refractivity contribution in [3.8, 4) is 0 Å². The van der Waals surface area contributed by atoms with Gasteiger partial charge in [0.05, 0.1) is 6.04 Å². The molecule has 2 atom stereocenters. The molecule has 3 aromatic carbocycles. The minimum atomic E-state index is -0.641. The van der Waals surface area contributed by atoms with Gasteiger partial charge in [-0.2, -0.15) is 0 Å². The summed E-state index contributed by atoms with van der Waals surface area (Å²) in [5, 5.41) is 0. The lowest BCUT2D eigenvalue weighted by Gasteiger charge is -2.46. The van der Waals surface area contributed by atoms with Crippen LogP contribution >= 0.6 is 0 Å². The molecule has 0 amide bonds. The normalized spacial score (nSPS) is 23.3. The second-order valence-electron chi connectivity index (χ2n) is 9.57. The van der Waals surface area contributed by atoms with E-state index in [0.29, 0.717) is 0 Å². The summed E-state index contributed by atoms with van der Waals surface area (Å²) >= 11 is 0. The van der Waals surface area contributed by atoms with E-state index in [1.165, 1.54) is 5.56 Å². The van der Waals surface area contributed by atoms with Crippen LogP contribution < -0.4 is 0 Å². The Morgan fingerprint density at radius 1 is 0.829 bits per heavy atom. The van der Waals surface area contributed by atoms with Crippen molar-refractivity contribution in [3.63, 3.8) is 0 Å². The first-order valence-corrected chi connectivity index (χ1v) is 12.4. The van der Waals surface area contributed by atoms with Gasteiger partial charge in [0.15, 0.2) is 11.5 Å². The standard InChI is InChI=1S/C30H30N2O3/c33-29-26-14-8-7-11-24(26)20-30(29,25-12-5-2-6-13-25)32-17-15-31(16-18-32)27(28-21-34-22-35-28)19-23-9-3-1-4-10-23/h1-14,21,27H,15-20,22H2/t27?,30-/m1/s1. The van der Waals surface area contributed by atoms with Crippen LogP contribution in [0.15, 0.2) is 97.0 Å². The van der Waals surface area contributed by atoms with Gasteiger partial charge in [0.25, 0.3) is 0 Å². The lowest BCUT2D eigenvalue weighted by Crippen LogP contribution is -2.60. The number of hydrogen-bond donors (Lipinski definition) is 0. The lowest BCUT2D eigenvalue weighted by molar-refractivity contribution is 0.0116. The first-order valence-electron chi connectivity index (χ1n) is 12.4. The minimum absolute atomic E-state index is 0.117. The molecule has 6 rings (SSSR count). The second kappa shape index (κ2) is 9.33. The maximum Gasteiger partial charge on any atom is 0.229 e. The van der Waals surface area contributed by atoms with Gasteiger partial charge in [-0.3, -0.25) is 14.6 Å². The lowest BCUT2D eigenvalue weighted by atomic mass is 9.83. The molecule has 0 bridgehead atoms. The molecule has 0 saturated carbocycles. The van der Waals surface area contributed by atoms with Gasteiger partial charge >= 0.3 is 0 Å². The van der Waals surface area contributed by atoms with E-state index in [4.69, 9.17) is 9.47 Å². The van der Waals surface area contributed by atoms with E-state index < -0.39 is 5.54 Å². The fraction of sp³-hybridized carbons (Fsp3) is 0.300. The summed E-state index contributed by atoms with van der Waals surface area (Å²) in [7, 11) is 0. The highest BCUT2D eigenvalue weighted by molar-refractivity contribution is 6.08. The first kappa shape index (κ1) is 22.1. The average molecular weight is 467 g/mol. The molecule has 35 heavy (non-hydrogen) atoms. The Morgan fingerprint density at radius 2 is 1.51 bits per heavy atom. The van der Waals surface area contributed by atoms with Crippen molar-refractivity contribution in [1.29, 1.82) is 0 Å². The maximum absolute atomic E-state index is 14.0. The number of piperazine rings is 1. The van der Waals surface area contributed by atoms with Crippen LogP contribution in [0, 0.1) is 0 Å². The van der Waals surface area contributed by atoms with Crippen LogP contribution in [0.4, 0.5) is 0 Å². The molecule has 1 fully saturated rings. The third kappa shape index (κ3) is 3.95. The molecule has 2 heterocycles. The maximum atomic E-state index is 14.0. The molecule has 5 heteroatoms. The van der Waals surface area contributed by atoms with Gasteiger partial charge in [0.2, 0.25) is 6.79 Å². The Labute approximate surface area is 206 Å². The van der Waals surface area contributed by atoms with E-state index in [9.17, 15) is 4.79 Å². The molecule has 0 spiro atoms. The predicted molar refractivity (Wildman–Crippen MR) is 135 cm³/mol. The van der Waals surface area contributed by atoms with Crippen LogP contribution in [0.1, 0.15) is 27.0 Å². The van der Waals surface area contributed by atoms with Crippen LogP contribution in [0.2, 0.25) is 0 Å². The van der Waals surface area contributed by atoms with Crippen LogP contribution in [0.5, 0.6) is 0 Å². The predicted octanol–water partition coefficient (Wildman–Crippen LogP) is 4.40. The third-order valence-electron chi connectivity index (χ3n) is 7.72. The molecule has 1 aliphatic carbocycles. The van der Waals surface area contributed by atoms with Gasteiger partial charge in [-0.15, -0.1) is 0 Å². The Balaban J connectivity index is 1.27. The first-order chi connectivity index (χ1) is 17.3. The summed E-state index contributed by atoms with van der Waals surface area (Å²) in [6, 6.07) is 29.1. The molecule has 178 valence electrons. The fourth-order valence-electron chi connectivity index (χ4n) is 5.95. The van der Waals surface area contributed by atoms with Crippen molar-refractivity contribution < 1.29 is 14.3 Å². The summed E-state index contributed by atoms with van der Waals surface area (Å²) in [5.74, 6) is 1.12. The number of rotatable bonds is 6. The number of hydrogen-bond acceptors (Lipinski definition) is 5. The molecule has 0 aromatic heterocycles. The summed E-state index contributed by atoms with van der Waals surface area (Å²) in [4.78, 5) is 18.9. The zero-order valence-corrected chi connectivity index (χ0v) is 19.8. The van der Waals surface area contributed by atoms with Crippen LogP contribution in [0.25, 0.3) is 0 Å². The molecule has 3 aromatic rings. The minimum Gasteiger partial charge on any atom is -0.462 e. The third-order valence-corrected chi connectivity index (χ3v) is 7.72. The molecule has 0 radical (unpaired) electrons. The quantitative estimate of drug-likeness (QED) is 0.539. The fourth-order valence-corrected chi connectivity index (χ4v) is 5.95. The smallest absolute Gasteiger partial charge is 0.229 e. The van der Waals surface area contributed by atoms with Crippen LogP contribution in [0.3, 0.4) is 0 Å². The molecule has 1 saturated heterocycles. The second-order valence-corrected chi connectivity index (χ2v) is 9.57. The van der Waals surface area contributed by atoms with Gasteiger partial charge < -0.3 is 9.47 Å². The summed E-state index contributed by atoms with van der Waals surface area (Å²) in [6.07, 6.45) is 3.36. The van der Waals surface area contributed by atoms with Crippen molar-refractivity contribution >= 4 is 5.78 Å². The van der Waals surface area contributed by atoms with Crippen molar-refractivity contribution in [2.45, 2.75) is 24.4 Å². The van der Waals surface area contributed by atoms with E-state index in [2.05, 4.69) is 52.3 Å². The van der Waals surface area contributed by atoms with Crippen molar-refractivity contribution in [2.75, 3.05) is 33.0 Å².